The Morgan fingerprint density at radius 1 is 1.15 bits per heavy atom. The highest BCUT2D eigenvalue weighted by Gasteiger charge is 2.20. The number of nitrogens with one attached hydrogen (secondary N) is 2. The van der Waals surface area contributed by atoms with Gasteiger partial charge in [-0.25, -0.2) is 0 Å². The maximum Gasteiger partial charge on any atom is 0.326 e. The van der Waals surface area contributed by atoms with Crippen LogP contribution in [0.2, 0.25) is 0 Å². The van der Waals surface area contributed by atoms with Crippen LogP contribution in [0.1, 0.15) is 34.1 Å². The molecule has 0 saturated heterocycles. The summed E-state index contributed by atoms with van der Waals surface area (Å²) in [6.45, 7) is 6.63. The average Bonchev–Trinajstić information content (AvgIpc) is 2.99. The molecule has 0 saturated carbocycles. The van der Waals surface area contributed by atoms with Crippen LogP contribution in [0.15, 0.2) is 28.8 Å². The predicted octanol–water partition coefficient (Wildman–Crippen LogP) is 1.90. The summed E-state index contributed by atoms with van der Waals surface area (Å²) in [5.41, 5.74) is 3.11. The van der Waals surface area contributed by atoms with Crippen LogP contribution in [0.5, 0.6) is 0 Å². The Hall–Kier alpha value is -3.16. The van der Waals surface area contributed by atoms with E-state index in [0.717, 1.165) is 11.1 Å². The van der Waals surface area contributed by atoms with Crippen LogP contribution >= 0.6 is 0 Å². The lowest BCUT2D eigenvalue weighted by molar-refractivity contribution is -0.152. The van der Waals surface area contributed by atoms with E-state index in [1.165, 1.54) is 13.0 Å². The van der Waals surface area contributed by atoms with Gasteiger partial charge in [0.25, 0.3) is 11.8 Å². The van der Waals surface area contributed by atoms with Gasteiger partial charge in [0, 0.05) is 11.6 Å². The van der Waals surface area contributed by atoms with Gasteiger partial charge in [0.15, 0.2) is 6.10 Å². The van der Waals surface area contributed by atoms with Crippen molar-refractivity contribution >= 4 is 23.7 Å². The topological polar surface area (TPSA) is 111 Å². The van der Waals surface area contributed by atoms with Crippen molar-refractivity contribution in [1.29, 1.82) is 0 Å². The zero-order chi connectivity index (χ0) is 19.3. The quantitative estimate of drug-likeness (QED) is 0.762. The van der Waals surface area contributed by atoms with Crippen molar-refractivity contribution in [2.45, 2.75) is 33.8 Å². The van der Waals surface area contributed by atoms with E-state index >= 15 is 0 Å². The van der Waals surface area contributed by atoms with Crippen molar-refractivity contribution < 1.29 is 23.6 Å². The molecule has 138 valence electrons. The largest absolute Gasteiger partial charge is 0.451 e. The summed E-state index contributed by atoms with van der Waals surface area (Å²) in [6, 6.07) is 6.79. The smallest absolute Gasteiger partial charge is 0.326 e. The Bertz CT molecular complexity index is 828. The van der Waals surface area contributed by atoms with Gasteiger partial charge in [-0.05, 0) is 51.0 Å². The Balaban J connectivity index is 1.80. The molecule has 8 nitrogen and oxygen atoms in total. The molecule has 0 radical (unpaired) electrons. The fourth-order valence-corrected chi connectivity index (χ4v) is 2.08. The number of carbonyl (C=O) groups excluding carboxylic acids is 3. The second-order valence-corrected chi connectivity index (χ2v) is 5.94. The molecule has 0 spiro atoms. The fourth-order valence-electron chi connectivity index (χ4n) is 2.08. The molecule has 0 bridgehead atoms. The molecule has 1 unspecified atom stereocenters. The molecule has 0 aliphatic carbocycles. The normalized spacial score (nSPS) is 11.5. The number of aromatic nitrogens is 1. The minimum absolute atomic E-state index is 0.165. The van der Waals surface area contributed by atoms with Crippen LogP contribution in [0.25, 0.3) is 0 Å². The SMILES string of the molecule is Cc1cc(NC(=O)C(C)OC(=O)CNC(=O)c2ccc(C)c(C)c2)on1. The number of nitrogens with zero attached hydrogens (tertiary/aromatic N) is 1. The van der Waals surface area contributed by atoms with E-state index in [2.05, 4.69) is 15.8 Å². The average molecular weight is 359 g/mol. The van der Waals surface area contributed by atoms with Crippen LogP contribution in [0.4, 0.5) is 5.88 Å². The number of anilines is 1. The van der Waals surface area contributed by atoms with Gasteiger partial charge in [-0.1, -0.05) is 11.2 Å². The van der Waals surface area contributed by atoms with Crippen molar-refractivity contribution in [3.05, 3.63) is 46.6 Å². The van der Waals surface area contributed by atoms with Gasteiger partial charge in [0.2, 0.25) is 5.88 Å². The van der Waals surface area contributed by atoms with Gasteiger partial charge in [-0.3, -0.25) is 19.7 Å². The third-order valence-electron chi connectivity index (χ3n) is 3.71. The molecule has 1 aromatic heterocycles. The number of hydrogen-bond acceptors (Lipinski definition) is 6. The minimum atomic E-state index is -1.05. The number of carbonyl (C=O) groups is 3. The van der Waals surface area contributed by atoms with E-state index in [-0.39, 0.29) is 18.3 Å². The van der Waals surface area contributed by atoms with Crippen molar-refractivity contribution in [1.82, 2.24) is 10.5 Å². The lowest BCUT2D eigenvalue weighted by Gasteiger charge is -2.12. The summed E-state index contributed by atoms with van der Waals surface area (Å²) < 4.78 is 9.85. The van der Waals surface area contributed by atoms with Gasteiger partial charge in [0.05, 0.1) is 5.69 Å². The molecule has 1 atom stereocenters. The Morgan fingerprint density at radius 2 is 1.88 bits per heavy atom. The van der Waals surface area contributed by atoms with Gasteiger partial charge in [-0.15, -0.1) is 0 Å². The highest BCUT2D eigenvalue weighted by molar-refractivity contribution is 5.97. The summed E-state index contributed by atoms with van der Waals surface area (Å²) in [5, 5.41) is 8.54. The first-order valence-electron chi connectivity index (χ1n) is 8.05. The van der Waals surface area contributed by atoms with E-state index in [0.29, 0.717) is 11.3 Å². The maximum atomic E-state index is 12.1. The van der Waals surface area contributed by atoms with Crippen molar-refractivity contribution in [2.24, 2.45) is 0 Å². The lowest BCUT2D eigenvalue weighted by Crippen LogP contribution is -2.35. The van der Waals surface area contributed by atoms with Crippen molar-refractivity contribution in [2.75, 3.05) is 11.9 Å². The second kappa shape index (κ2) is 8.28. The number of rotatable bonds is 6. The molecule has 1 heterocycles. The van der Waals surface area contributed by atoms with Gasteiger partial charge >= 0.3 is 5.97 Å². The molecule has 2 rings (SSSR count). The highest BCUT2D eigenvalue weighted by atomic mass is 16.5. The van der Waals surface area contributed by atoms with Crippen LogP contribution in [0.3, 0.4) is 0 Å². The Kier molecular flexibility index (Phi) is 6.11. The summed E-state index contributed by atoms with van der Waals surface area (Å²) in [5.74, 6) is -1.51. The standard InChI is InChI=1S/C18H21N3O5/c1-10-5-6-14(7-11(10)2)18(24)19-9-16(22)25-13(4)17(23)20-15-8-12(3)21-26-15/h5-8,13H,9H2,1-4H3,(H,19,24)(H,20,23). The number of hydrogen-bond donors (Lipinski definition) is 2. The predicted molar refractivity (Wildman–Crippen MR) is 93.7 cm³/mol. The molecular formula is C18H21N3O5. The number of esters is 1. The zero-order valence-corrected chi connectivity index (χ0v) is 15.1. The molecule has 1 aromatic carbocycles. The van der Waals surface area contributed by atoms with E-state index < -0.39 is 18.0 Å². The van der Waals surface area contributed by atoms with E-state index in [9.17, 15) is 14.4 Å². The first-order valence-corrected chi connectivity index (χ1v) is 8.05. The summed E-state index contributed by atoms with van der Waals surface area (Å²) >= 11 is 0. The van der Waals surface area contributed by atoms with Crippen LogP contribution in [0, 0.1) is 20.8 Å². The van der Waals surface area contributed by atoms with E-state index in [1.54, 1.807) is 19.1 Å². The molecule has 0 aliphatic heterocycles. The number of ether oxygens (including phenoxy) is 1. The van der Waals surface area contributed by atoms with Crippen LogP contribution < -0.4 is 10.6 Å². The Labute approximate surface area is 150 Å². The molecule has 0 aliphatic rings. The van der Waals surface area contributed by atoms with Gasteiger partial charge in [-0.2, -0.15) is 0 Å². The van der Waals surface area contributed by atoms with E-state index in [4.69, 9.17) is 9.26 Å². The molecular weight excluding hydrogens is 338 g/mol. The van der Waals surface area contributed by atoms with Crippen LogP contribution in [-0.2, 0) is 14.3 Å². The molecule has 26 heavy (non-hydrogen) atoms. The van der Waals surface area contributed by atoms with Crippen molar-refractivity contribution in [3.63, 3.8) is 0 Å². The first-order chi connectivity index (χ1) is 12.3. The third-order valence-corrected chi connectivity index (χ3v) is 3.71. The molecule has 2 amide bonds. The summed E-state index contributed by atoms with van der Waals surface area (Å²) in [7, 11) is 0. The van der Waals surface area contributed by atoms with Crippen LogP contribution in [-0.4, -0.2) is 35.6 Å². The number of amides is 2. The van der Waals surface area contributed by atoms with E-state index in [1.807, 2.05) is 19.9 Å². The summed E-state index contributed by atoms with van der Waals surface area (Å²) in [4.78, 5) is 35.8. The van der Waals surface area contributed by atoms with Crippen molar-refractivity contribution in [3.8, 4) is 0 Å². The molecule has 2 aromatic rings. The number of aryl methyl sites for hydroxylation is 3. The van der Waals surface area contributed by atoms with Gasteiger partial charge < -0.3 is 14.6 Å². The molecule has 2 N–H and O–H groups in total. The maximum absolute atomic E-state index is 12.1. The molecule has 0 fully saturated rings. The highest BCUT2D eigenvalue weighted by Crippen LogP contribution is 2.10. The summed E-state index contributed by atoms with van der Waals surface area (Å²) in [6.07, 6.45) is -1.05. The fraction of sp³-hybridized carbons (Fsp3) is 0.333. The number of benzene rings is 1. The third kappa shape index (κ3) is 5.17. The Morgan fingerprint density at radius 3 is 2.50 bits per heavy atom. The van der Waals surface area contributed by atoms with Gasteiger partial charge in [0.1, 0.15) is 6.54 Å². The lowest BCUT2D eigenvalue weighted by atomic mass is 10.1. The zero-order valence-electron chi connectivity index (χ0n) is 15.1. The minimum Gasteiger partial charge on any atom is -0.451 e. The molecule has 8 heteroatoms. The monoisotopic (exact) mass is 359 g/mol. The second-order valence-electron chi connectivity index (χ2n) is 5.94. The first kappa shape index (κ1) is 19.2.